The van der Waals surface area contributed by atoms with Gasteiger partial charge in [-0.25, -0.2) is 4.98 Å². The number of rotatable bonds is 5. The van der Waals surface area contributed by atoms with E-state index in [1.165, 1.54) is 0 Å². The number of ether oxygens (including phenoxy) is 1. The number of nitrogens with zero attached hydrogens (tertiary/aromatic N) is 1. The number of carbonyl (C=O) groups is 1. The Bertz CT molecular complexity index is 765. The quantitative estimate of drug-likeness (QED) is 0.786. The van der Waals surface area contributed by atoms with Gasteiger partial charge in [0.25, 0.3) is 5.91 Å². The van der Waals surface area contributed by atoms with Crippen LogP contribution in [-0.2, 0) is 17.9 Å². The molecule has 1 heterocycles. The van der Waals surface area contributed by atoms with Crippen molar-refractivity contribution in [1.29, 1.82) is 0 Å². The highest BCUT2D eigenvalue weighted by molar-refractivity contribution is 7.18. The highest BCUT2D eigenvalue weighted by Gasteiger charge is 2.08. The predicted molar refractivity (Wildman–Crippen MR) is 87.9 cm³/mol. The molecule has 1 amide bonds. The van der Waals surface area contributed by atoms with Crippen molar-refractivity contribution in [2.45, 2.75) is 13.2 Å². The number of hydrogen-bond acceptors (Lipinski definition) is 4. The third kappa shape index (κ3) is 3.32. The number of fused-ring (bicyclic) bond motifs is 1. The number of methoxy groups -OCH3 is 1. The Hall–Kier alpha value is -2.24. The largest absolute Gasteiger partial charge is 0.380 e. The van der Waals surface area contributed by atoms with E-state index in [0.717, 1.165) is 20.8 Å². The van der Waals surface area contributed by atoms with Gasteiger partial charge in [-0.1, -0.05) is 24.3 Å². The lowest BCUT2D eigenvalue weighted by Gasteiger charge is -2.05. The van der Waals surface area contributed by atoms with Gasteiger partial charge in [-0.15, -0.1) is 11.3 Å². The van der Waals surface area contributed by atoms with Gasteiger partial charge in [0.05, 0.1) is 23.4 Å². The lowest BCUT2D eigenvalue weighted by molar-refractivity contribution is 0.0950. The van der Waals surface area contributed by atoms with Crippen molar-refractivity contribution in [1.82, 2.24) is 10.3 Å². The Balaban J connectivity index is 1.67. The van der Waals surface area contributed by atoms with Crippen molar-refractivity contribution >= 4 is 27.5 Å². The van der Waals surface area contributed by atoms with E-state index in [9.17, 15) is 4.79 Å². The Labute approximate surface area is 132 Å². The van der Waals surface area contributed by atoms with Gasteiger partial charge in [0.2, 0.25) is 0 Å². The molecule has 22 heavy (non-hydrogen) atoms. The number of hydrogen-bond donors (Lipinski definition) is 1. The molecule has 5 heteroatoms. The normalized spacial score (nSPS) is 10.8. The number of para-hydroxylation sites is 1. The fourth-order valence-electron chi connectivity index (χ4n) is 2.22. The van der Waals surface area contributed by atoms with Crippen LogP contribution in [-0.4, -0.2) is 18.0 Å². The maximum absolute atomic E-state index is 12.2. The molecule has 1 aromatic heterocycles. The molecule has 3 rings (SSSR count). The molecule has 0 aliphatic rings. The Morgan fingerprint density at radius 3 is 2.91 bits per heavy atom. The second-order valence-corrected chi connectivity index (χ2v) is 6.01. The third-order valence-electron chi connectivity index (χ3n) is 3.24. The number of thiazole rings is 1. The second-order valence-electron chi connectivity index (χ2n) is 4.89. The van der Waals surface area contributed by atoms with Crippen LogP contribution in [0.2, 0.25) is 0 Å². The van der Waals surface area contributed by atoms with Crippen LogP contribution in [0.25, 0.3) is 10.2 Å². The summed E-state index contributed by atoms with van der Waals surface area (Å²) in [6.07, 6.45) is 0. The van der Waals surface area contributed by atoms with Crippen LogP contribution in [0, 0.1) is 0 Å². The molecule has 0 radical (unpaired) electrons. The summed E-state index contributed by atoms with van der Waals surface area (Å²) in [5.41, 5.74) is 2.59. The second kappa shape index (κ2) is 6.68. The van der Waals surface area contributed by atoms with Crippen molar-refractivity contribution in [3.05, 3.63) is 64.7 Å². The van der Waals surface area contributed by atoms with E-state index in [4.69, 9.17) is 4.74 Å². The summed E-state index contributed by atoms with van der Waals surface area (Å²) in [4.78, 5) is 16.7. The zero-order chi connectivity index (χ0) is 15.4. The molecular weight excluding hydrogens is 296 g/mol. The number of nitrogens with one attached hydrogen (secondary N) is 1. The lowest BCUT2D eigenvalue weighted by atomic mass is 10.1. The van der Waals surface area contributed by atoms with Crippen LogP contribution in [0.15, 0.2) is 48.5 Å². The van der Waals surface area contributed by atoms with Gasteiger partial charge in [-0.05, 0) is 29.8 Å². The molecule has 0 atom stereocenters. The first-order chi connectivity index (χ1) is 10.8. The fraction of sp³-hybridized carbons (Fsp3) is 0.176. The molecule has 0 spiro atoms. The molecule has 1 N–H and O–H groups in total. The Kier molecular flexibility index (Phi) is 4.46. The number of carbonyl (C=O) groups excluding carboxylic acids is 1. The average Bonchev–Trinajstić information content (AvgIpc) is 2.96. The molecule has 0 fully saturated rings. The van der Waals surface area contributed by atoms with Crippen molar-refractivity contribution in [3.8, 4) is 0 Å². The van der Waals surface area contributed by atoms with Crippen molar-refractivity contribution in [2.75, 3.05) is 7.11 Å². The predicted octanol–water partition coefficient (Wildman–Crippen LogP) is 3.37. The highest BCUT2D eigenvalue weighted by atomic mass is 32.1. The van der Waals surface area contributed by atoms with Gasteiger partial charge >= 0.3 is 0 Å². The molecular formula is C17H16N2O2S. The molecule has 0 aliphatic heterocycles. The molecule has 112 valence electrons. The third-order valence-corrected chi connectivity index (χ3v) is 4.27. The molecule has 0 saturated carbocycles. The molecule has 0 aliphatic carbocycles. The van der Waals surface area contributed by atoms with Crippen LogP contribution >= 0.6 is 11.3 Å². The number of aromatic nitrogens is 1. The summed E-state index contributed by atoms with van der Waals surface area (Å²) in [6.45, 7) is 0.936. The van der Waals surface area contributed by atoms with Crippen LogP contribution in [0.4, 0.5) is 0 Å². The van der Waals surface area contributed by atoms with Crippen LogP contribution in [0.5, 0.6) is 0 Å². The van der Waals surface area contributed by atoms with E-state index in [2.05, 4.69) is 10.3 Å². The maximum Gasteiger partial charge on any atom is 0.251 e. The van der Waals surface area contributed by atoms with Gasteiger partial charge < -0.3 is 10.1 Å². The molecule has 0 bridgehead atoms. The summed E-state index contributed by atoms with van der Waals surface area (Å²) in [6, 6.07) is 15.4. The standard InChI is InChI=1S/C17H16N2O2S/c1-21-11-12-5-4-6-13(9-12)17(20)18-10-16-19-14-7-2-3-8-15(14)22-16/h2-9H,10-11H2,1H3,(H,18,20). The Morgan fingerprint density at radius 2 is 2.09 bits per heavy atom. The Morgan fingerprint density at radius 1 is 1.23 bits per heavy atom. The van der Waals surface area contributed by atoms with Crippen LogP contribution in [0.3, 0.4) is 0 Å². The molecule has 2 aromatic carbocycles. The first-order valence-corrected chi connectivity index (χ1v) is 7.78. The first kappa shape index (κ1) is 14.7. The van der Waals surface area contributed by atoms with Gasteiger partial charge in [-0.2, -0.15) is 0 Å². The van der Waals surface area contributed by atoms with Crippen LogP contribution in [0.1, 0.15) is 20.9 Å². The van der Waals surface area contributed by atoms with Gasteiger partial charge in [0.1, 0.15) is 5.01 Å². The smallest absolute Gasteiger partial charge is 0.251 e. The summed E-state index contributed by atoms with van der Waals surface area (Å²) in [5.74, 6) is -0.0998. The SMILES string of the molecule is COCc1cccc(C(=O)NCc2nc3ccccc3s2)c1. The molecule has 3 aromatic rings. The summed E-state index contributed by atoms with van der Waals surface area (Å²) < 4.78 is 6.22. The van der Waals surface area contributed by atoms with E-state index in [-0.39, 0.29) is 5.91 Å². The van der Waals surface area contributed by atoms with Crippen LogP contribution < -0.4 is 5.32 Å². The van der Waals surface area contributed by atoms with Gasteiger partial charge in [-0.3, -0.25) is 4.79 Å². The van der Waals surface area contributed by atoms with Crippen molar-refractivity contribution < 1.29 is 9.53 Å². The zero-order valence-electron chi connectivity index (χ0n) is 12.2. The summed E-state index contributed by atoms with van der Waals surface area (Å²) in [7, 11) is 1.64. The number of amides is 1. The van der Waals surface area contributed by atoms with Crippen molar-refractivity contribution in [3.63, 3.8) is 0 Å². The fourth-order valence-corrected chi connectivity index (χ4v) is 3.13. The molecule has 0 saturated heterocycles. The maximum atomic E-state index is 12.2. The van der Waals surface area contributed by atoms with E-state index in [0.29, 0.717) is 18.7 Å². The van der Waals surface area contributed by atoms with E-state index in [1.807, 2.05) is 42.5 Å². The minimum Gasteiger partial charge on any atom is -0.380 e. The molecule has 0 unspecified atom stereocenters. The lowest BCUT2D eigenvalue weighted by Crippen LogP contribution is -2.22. The van der Waals surface area contributed by atoms with Gasteiger partial charge in [0, 0.05) is 12.7 Å². The molecule has 4 nitrogen and oxygen atoms in total. The zero-order valence-corrected chi connectivity index (χ0v) is 13.0. The first-order valence-electron chi connectivity index (χ1n) is 6.97. The minimum atomic E-state index is -0.0998. The van der Waals surface area contributed by atoms with E-state index in [1.54, 1.807) is 24.5 Å². The summed E-state index contributed by atoms with van der Waals surface area (Å²) >= 11 is 1.60. The van der Waals surface area contributed by atoms with E-state index < -0.39 is 0 Å². The number of benzene rings is 2. The van der Waals surface area contributed by atoms with Gasteiger partial charge in [0.15, 0.2) is 0 Å². The van der Waals surface area contributed by atoms with Crippen molar-refractivity contribution in [2.24, 2.45) is 0 Å². The summed E-state index contributed by atoms with van der Waals surface area (Å²) in [5, 5.41) is 3.82. The minimum absolute atomic E-state index is 0.0998. The monoisotopic (exact) mass is 312 g/mol. The average molecular weight is 312 g/mol. The van der Waals surface area contributed by atoms with E-state index >= 15 is 0 Å². The highest BCUT2D eigenvalue weighted by Crippen LogP contribution is 2.21. The topological polar surface area (TPSA) is 51.2 Å².